The summed E-state index contributed by atoms with van der Waals surface area (Å²) in [5.41, 5.74) is 1.33. The number of carbonyl (C=O) groups excluding carboxylic acids is 1. The Labute approximate surface area is 119 Å². The molecule has 2 aromatic rings. The van der Waals surface area contributed by atoms with Crippen molar-refractivity contribution < 1.29 is 18.0 Å². The molecule has 1 amide bonds. The van der Waals surface area contributed by atoms with Crippen LogP contribution in [-0.4, -0.2) is 24.8 Å². The van der Waals surface area contributed by atoms with Crippen LogP contribution >= 0.6 is 0 Å². The molecule has 0 saturated heterocycles. The first-order valence-electron chi connectivity index (χ1n) is 6.25. The van der Waals surface area contributed by atoms with E-state index in [9.17, 15) is 18.0 Å². The summed E-state index contributed by atoms with van der Waals surface area (Å²) in [4.78, 5) is 11.6. The first-order valence-corrected chi connectivity index (χ1v) is 6.25. The number of hydrogen-bond donors (Lipinski definition) is 2. The van der Waals surface area contributed by atoms with Crippen LogP contribution in [0.3, 0.4) is 0 Å². The number of amides is 1. The van der Waals surface area contributed by atoms with Gasteiger partial charge in [-0.05, 0) is 21.9 Å². The Kier molecular flexibility index (Phi) is 4.26. The first-order chi connectivity index (χ1) is 9.90. The van der Waals surface area contributed by atoms with Crippen LogP contribution in [0.2, 0.25) is 0 Å². The zero-order valence-electron chi connectivity index (χ0n) is 11.0. The molecule has 0 fully saturated rings. The Hall–Kier alpha value is -2.37. The highest BCUT2D eigenvalue weighted by Gasteiger charge is 2.27. The summed E-state index contributed by atoms with van der Waals surface area (Å²) in [7, 11) is 0. The molecule has 0 aliphatic heterocycles. The summed E-state index contributed by atoms with van der Waals surface area (Å²) in [6.07, 6.45) is -3.34. The lowest BCUT2D eigenvalue weighted by Gasteiger charge is -2.11. The molecule has 0 unspecified atom stereocenters. The number of halogens is 3. The fourth-order valence-corrected chi connectivity index (χ4v) is 2.10. The summed E-state index contributed by atoms with van der Waals surface area (Å²) in [6, 6.07) is 10.5. The minimum Gasteiger partial charge on any atom is -0.347 e. The number of fused-ring (bicyclic) bond motifs is 1. The summed E-state index contributed by atoms with van der Waals surface area (Å²) in [5.74, 6) is -0.680. The maximum Gasteiger partial charge on any atom is 0.405 e. The molecule has 0 heterocycles. The molecule has 6 heteroatoms. The van der Waals surface area contributed by atoms with E-state index in [0.717, 1.165) is 10.8 Å². The van der Waals surface area contributed by atoms with Gasteiger partial charge >= 0.3 is 6.18 Å². The van der Waals surface area contributed by atoms with Gasteiger partial charge in [0.1, 0.15) is 6.54 Å². The van der Waals surface area contributed by atoms with Gasteiger partial charge in [-0.1, -0.05) is 36.4 Å². The summed E-state index contributed by atoms with van der Waals surface area (Å²) in [5, 5.41) is 10.8. The largest absolute Gasteiger partial charge is 0.405 e. The standard InChI is InChI=1S/C15H13F3N2O/c16-15(17,18)9-20-14(21)7-10-5-6-11(8-19)13-4-2-1-3-12(10)13/h1-6,8,19H,7,9H2,(H,20,21). The second kappa shape index (κ2) is 5.95. The summed E-state index contributed by atoms with van der Waals surface area (Å²) in [6.45, 7) is -1.33. The second-order valence-corrected chi connectivity index (χ2v) is 4.57. The molecular formula is C15H13F3N2O. The molecule has 2 rings (SSSR count). The molecule has 0 atom stereocenters. The van der Waals surface area contributed by atoms with Gasteiger partial charge in [-0.2, -0.15) is 13.2 Å². The number of rotatable bonds is 4. The Morgan fingerprint density at radius 1 is 1.14 bits per heavy atom. The van der Waals surface area contributed by atoms with Crippen molar-refractivity contribution >= 4 is 22.9 Å². The third-order valence-electron chi connectivity index (χ3n) is 3.04. The quantitative estimate of drug-likeness (QED) is 0.837. The maximum absolute atomic E-state index is 12.1. The smallest absolute Gasteiger partial charge is 0.347 e. The molecule has 0 radical (unpaired) electrons. The van der Waals surface area contributed by atoms with E-state index in [1.54, 1.807) is 24.3 Å². The predicted octanol–water partition coefficient (Wildman–Crippen LogP) is 3.06. The molecule has 0 spiro atoms. The predicted molar refractivity (Wildman–Crippen MR) is 74.6 cm³/mol. The molecule has 2 N–H and O–H groups in total. The van der Waals surface area contributed by atoms with Gasteiger partial charge in [-0.15, -0.1) is 0 Å². The van der Waals surface area contributed by atoms with Crippen LogP contribution in [0.15, 0.2) is 36.4 Å². The molecule has 0 aliphatic rings. The Morgan fingerprint density at radius 2 is 1.81 bits per heavy atom. The number of alkyl halides is 3. The van der Waals surface area contributed by atoms with Crippen molar-refractivity contribution in [1.29, 1.82) is 5.41 Å². The SMILES string of the molecule is N=Cc1ccc(CC(=O)NCC(F)(F)F)c2ccccc12. The van der Waals surface area contributed by atoms with Crippen molar-refractivity contribution in [1.82, 2.24) is 5.32 Å². The molecule has 21 heavy (non-hydrogen) atoms. The highest BCUT2D eigenvalue weighted by atomic mass is 19.4. The van der Waals surface area contributed by atoms with Crippen LogP contribution in [0.1, 0.15) is 11.1 Å². The third kappa shape index (κ3) is 3.81. The zero-order chi connectivity index (χ0) is 15.5. The number of carbonyl (C=O) groups is 1. The van der Waals surface area contributed by atoms with Gasteiger partial charge in [0.15, 0.2) is 0 Å². The van der Waals surface area contributed by atoms with Crippen LogP contribution in [0, 0.1) is 5.41 Å². The van der Waals surface area contributed by atoms with Gasteiger partial charge < -0.3 is 10.7 Å². The van der Waals surface area contributed by atoms with Gasteiger partial charge in [-0.3, -0.25) is 4.79 Å². The van der Waals surface area contributed by atoms with E-state index < -0.39 is 18.6 Å². The summed E-state index contributed by atoms with van der Waals surface area (Å²) < 4.78 is 36.2. The van der Waals surface area contributed by atoms with Crippen molar-refractivity contribution in [2.45, 2.75) is 12.6 Å². The van der Waals surface area contributed by atoms with Gasteiger partial charge in [0.25, 0.3) is 0 Å². The Bertz CT molecular complexity index is 680. The van der Waals surface area contributed by atoms with Gasteiger partial charge in [-0.25, -0.2) is 0 Å². The van der Waals surface area contributed by atoms with Crippen molar-refractivity contribution in [2.24, 2.45) is 0 Å². The normalized spacial score (nSPS) is 11.4. The van der Waals surface area contributed by atoms with E-state index in [2.05, 4.69) is 0 Å². The average Bonchev–Trinajstić information content (AvgIpc) is 2.45. The topological polar surface area (TPSA) is 53.0 Å². The second-order valence-electron chi connectivity index (χ2n) is 4.57. The minimum absolute atomic E-state index is 0.130. The summed E-state index contributed by atoms with van der Waals surface area (Å²) >= 11 is 0. The fourth-order valence-electron chi connectivity index (χ4n) is 2.10. The first kappa shape index (κ1) is 15.0. The Morgan fingerprint density at radius 3 is 2.43 bits per heavy atom. The molecule has 0 bridgehead atoms. The van der Waals surface area contributed by atoms with Crippen LogP contribution < -0.4 is 5.32 Å². The van der Waals surface area contributed by atoms with Crippen LogP contribution in [0.25, 0.3) is 10.8 Å². The van der Waals surface area contributed by atoms with E-state index in [0.29, 0.717) is 11.1 Å². The van der Waals surface area contributed by atoms with E-state index in [4.69, 9.17) is 5.41 Å². The molecule has 2 aromatic carbocycles. The maximum atomic E-state index is 12.1. The van der Waals surface area contributed by atoms with Crippen molar-refractivity contribution in [3.63, 3.8) is 0 Å². The van der Waals surface area contributed by atoms with Crippen LogP contribution in [0.4, 0.5) is 13.2 Å². The molecule has 0 aromatic heterocycles. The third-order valence-corrected chi connectivity index (χ3v) is 3.04. The number of hydrogen-bond acceptors (Lipinski definition) is 2. The van der Waals surface area contributed by atoms with E-state index >= 15 is 0 Å². The minimum atomic E-state index is -4.41. The zero-order valence-corrected chi connectivity index (χ0v) is 11.0. The van der Waals surface area contributed by atoms with Crippen LogP contribution in [0.5, 0.6) is 0 Å². The molecule has 0 aliphatic carbocycles. The lowest BCUT2D eigenvalue weighted by Crippen LogP contribution is -2.34. The lowest BCUT2D eigenvalue weighted by atomic mass is 9.98. The molecule has 0 saturated carbocycles. The van der Waals surface area contributed by atoms with E-state index in [1.165, 1.54) is 6.21 Å². The number of benzene rings is 2. The highest BCUT2D eigenvalue weighted by Crippen LogP contribution is 2.22. The fraction of sp³-hybridized carbons (Fsp3) is 0.200. The Balaban J connectivity index is 2.23. The lowest BCUT2D eigenvalue weighted by molar-refractivity contribution is -0.138. The number of nitrogens with one attached hydrogen (secondary N) is 2. The molecule has 110 valence electrons. The monoisotopic (exact) mass is 294 g/mol. The molecular weight excluding hydrogens is 281 g/mol. The van der Waals surface area contributed by atoms with Crippen molar-refractivity contribution in [3.8, 4) is 0 Å². The van der Waals surface area contributed by atoms with Gasteiger partial charge in [0, 0.05) is 6.21 Å². The van der Waals surface area contributed by atoms with E-state index in [1.807, 2.05) is 17.4 Å². The average molecular weight is 294 g/mol. The van der Waals surface area contributed by atoms with Crippen molar-refractivity contribution in [3.05, 3.63) is 47.5 Å². The van der Waals surface area contributed by atoms with Gasteiger partial charge in [0.05, 0.1) is 6.42 Å². The van der Waals surface area contributed by atoms with Crippen LogP contribution in [-0.2, 0) is 11.2 Å². The van der Waals surface area contributed by atoms with E-state index in [-0.39, 0.29) is 6.42 Å². The van der Waals surface area contributed by atoms with Gasteiger partial charge in [0.2, 0.25) is 5.91 Å². The highest BCUT2D eigenvalue weighted by molar-refractivity contribution is 6.01. The van der Waals surface area contributed by atoms with Crippen molar-refractivity contribution in [2.75, 3.05) is 6.54 Å². The molecule has 3 nitrogen and oxygen atoms in total.